The Kier molecular flexibility index (Phi) is 9.25. The maximum Gasteiger partial charge on any atom is 0.325 e. The number of fused-ring (bicyclic) bond motifs is 4. The van der Waals surface area contributed by atoms with E-state index >= 15 is 0 Å². The van der Waals surface area contributed by atoms with Gasteiger partial charge in [-0.3, -0.25) is 24.2 Å². The average molecular weight is 626 g/mol. The van der Waals surface area contributed by atoms with E-state index in [1.54, 1.807) is 39.0 Å². The van der Waals surface area contributed by atoms with Gasteiger partial charge in [-0.2, -0.15) is 0 Å². The first-order valence-electron chi connectivity index (χ1n) is 15.6. The lowest BCUT2D eigenvalue weighted by Gasteiger charge is -2.38. The molecule has 3 heterocycles. The Morgan fingerprint density at radius 3 is 2.42 bits per heavy atom. The van der Waals surface area contributed by atoms with E-state index in [4.69, 9.17) is 9.72 Å². The summed E-state index contributed by atoms with van der Waals surface area (Å²) in [5.41, 5.74) is 3.56. The van der Waals surface area contributed by atoms with Gasteiger partial charge in [-0.25, -0.2) is 19.2 Å². The number of aromatic nitrogens is 1. The number of esters is 1. The Bertz CT molecular complexity index is 1500. The summed E-state index contributed by atoms with van der Waals surface area (Å²) in [6.07, 6.45) is 2.62. The molecule has 3 N–H and O–H groups in total. The fourth-order valence-corrected chi connectivity index (χ4v) is 6.12. The predicted octanol–water partition coefficient (Wildman–Crippen LogP) is 4.20. The predicted molar refractivity (Wildman–Crippen MR) is 163 cm³/mol. The molecule has 1 saturated heterocycles. The number of ether oxygens (including phenoxy) is 1. The molecule has 2 aliphatic heterocycles. The molecule has 1 aromatic heterocycles. The van der Waals surface area contributed by atoms with Crippen molar-refractivity contribution >= 4 is 40.7 Å². The van der Waals surface area contributed by atoms with Gasteiger partial charge in [0.05, 0.1) is 16.6 Å². The Morgan fingerprint density at radius 1 is 1.00 bits per heavy atom. The number of nitrogens with one attached hydrogen (secondary N) is 3. The second-order valence-electron chi connectivity index (χ2n) is 12.9. The molecule has 3 aliphatic rings. The minimum Gasteiger partial charge on any atom is -0.455 e. The largest absolute Gasteiger partial charge is 0.455 e. The zero-order valence-electron chi connectivity index (χ0n) is 26.1. The lowest BCUT2D eigenvalue weighted by atomic mass is 9.71. The third-order valence-electron chi connectivity index (χ3n) is 9.07. The Labute approximate surface area is 261 Å². The van der Waals surface area contributed by atoms with Crippen molar-refractivity contribution in [1.29, 1.82) is 0 Å². The van der Waals surface area contributed by atoms with Gasteiger partial charge in [-0.05, 0) is 63.1 Å². The monoisotopic (exact) mass is 625 g/mol. The molecule has 1 saturated carbocycles. The molecule has 1 aliphatic carbocycles. The third-order valence-corrected chi connectivity index (χ3v) is 9.07. The van der Waals surface area contributed by atoms with Crippen LogP contribution in [-0.4, -0.2) is 64.3 Å². The number of carbonyl (C=O) groups excluding carboxylic acids is 4. The number of hydrogen-bond acceptors (Lipinski definition) is 7. The van der Waals surface area contributed by atoms with Gasteiger partial charge in [-0.15, -0.1) is 0 Å². The van der Waals surface area contributed by atoms with E-state index < -0.39 is 72.1 Å². The van der Waals surface area contributed by atoms with Crippen molar-refractivity contribution in [2.24, 2.45) is 11.3 Å². The lowest BCUT2D eigenvalue weighted by molar-refractivity contribution is -0.157. The minimum atomic E-state index is -2.88. The van der Waals surface area contributed by atoms with Crippen LogP contribution in [-0.2, 0) is 23.9 Å². The molecule has 0 unspecified atom stereocenters. The normalized spacial score (nSPS) is 28.5. The number of alkyl halides is 2. The van der Waals surface area contributed by atoms with Gasteiger partial charge in [-0.1, -0.05) is 44.2 Å². The molecular formula is C33H41F2N5O5. The number of benzene rings is 1. The summed E-state index contributed by atoms with van der Waals surface area (Å²) < 4.78 is 34.3. The molecule has 2 fully saturated rings. The molecule has 1 spiro atoms. The van der Waals surface area contributed by atoms with Gasteiger partial charge >= 0.3 is 5.97 Å². The highest BCUT2D eigenvalue weighted by atomic mass is 19.3. The summed E-state index contributed by atoms with van der Waals surface area (Å²) in [7, 11) is 0. The van der Waals surface area contributed by atoms with Crippen molar-refractivity contribution in [1.82, 2.24) is 26.1 Å². The van der Waals surface area contributed by atoms with Gasteiger partial charge in [0.1, 0.15) is 24.2 Å². The van der Waals surface area contributed by atoms with Gasteiger partial charge in [0.25, 0.3) is 5.91 Å². The molecule has 5 rings (SSSR count). The van der Waals surface area contributed by atoms with Crippen LogP contribution >= 0.6 is 0 Å². The van der Waals surface area contributed by atoms with Crippen molar-refractivity contribution in [2.45, 2.75) is 96.4 Å². The van der Waals surface area contributed by atoms with Crippen LogP contribution in [0.25, 0.3) is 17.0 Å². The fraction of sp³-hybridized carbons (Fsp3) is 0.545. The number of cyclic esters (lactones) is 1. The number of rotatable bonds is 1. The van der Waals surface area contributed by atoms with Crippen LogP contribution < -0.4 is 16.1 Å². The van der Waals surface area contributed by atoms with E-state index in [0.717, 1.165) is 5.39 Å². The molecule has 0 radical (unpaired) electrons. The molecule has 4 atom stereocenters. The average Bonchev–Trinajstić information content (AvgIpc) is 3.01. The summed E-state index contributed by atoms with van der Waals surface area (Å²) in [6.45, 7) is 7.10. The van der Waals surface area contributed by atoms with Crippen LogP contribution in [0.2, 0.25) is 0 Å². The standard InChI is InChI=1S/C33H41F2N5O5/c1-19(2)27-28(41)36-20(3)29(42)40-17-5-6-25(39-40)30(43)45-21(4)24-10-9-23-8-7-22(18-26(23)37-24)11-12-32(31(44)38-27)13-15-33(34,35)16-14-32/h7-12,18-21,25,27,39H,5-6,13-17H2,1-4H3,(H,36,41)(H,38,44)/b12-11+/t20-,21+,25-,27-/m0/s1. The Balaban J connectivity index is 1.54. The number of carbonyl (C=O) groups is 4. The van der Waals surface area contributed by atoms with Crippen molar-refractivity contribution in [3.8, 4) is 0 Å². The number of hydrogen-bond donors (Lipinski definition) is 3. The van der Waals surface area contributed by atoms with E-state index in [0.29, 0.717) is 36.2 Å². The Morgan fingerprint density at radius 2 is 1.71 bits per heavy atom. The van der Waals surface area contributed by atoms with Crippen LogP contribution in [0.3, 0.4) is 0 Å². The molecule has 12 heteroatoms. The molecule has 5 bridgehead atoms. The van der Waals surface area contributed by atoms with E-state index in [-0.39, 0.29) is 18.8 Å². The van der Waals surface area contributed by atoms with Crippen molar-refractivity contribution < 1.29 is 32.7 Å². The molecule has 45 heavy (non-hydrogen) atoms. The molecule has 10 nitrogen and oxygen atoms in total. The van der Waals surface area contributed by atoms with Gasteiger partial charge < -0.3 is 15.4 Å². The highest BCUT2D eigenvalue weighted by Gasteiger charge is 2.47. The van der Waals surface area contributed by atoms with Crippen LogP contribution in [0, 0.1) is 11.3 Å². The quantitative estimate of drug-likeness (QED) is 0.405. The Hall–Kier alpha value is -3.93. The first-order chi connectivity index (χ1) is 21.3. The number of hydrazine groups is 1. The zero-order valence-corrected chi connectivity index (χ0v) is 26.1. The minimum absolute atomic E-state index is 0.0929. The smallest absolute Gasteiger partial charge is 0.325 e. The van der Waals surface area contributed by atoms with Crippen LogP contribution in [0.15, 0.2) is 36.4 Å². The molecule has 242 valence electrons. The summed E-state index contributed by atoms with van der Waals surface area (Å²) in [5.74, 6) is -5.29. The zero-order chi connectivity index (χ0) is 32.5. The SMILES string of the molecule is CC(C)[C@@H]1NC(=O)C2(/C=C/c3ccc4ccc(nc4c3)[C@@H](C)OC(=O)[C@@H]3CCCN(N3)C(=O)[C@H](C)NC1=O)CCC(F)(F)CC2. The van der Waals surface area contributed by atoms with E-state index in [2.05, 4.69) is 16.1 Å². The molecule has 1 aromatic carbocycles. The van der Waals surface area contributed by atoms with Gasteiger partial charge in [0, 0.05) is 24.8 Å². The second-order valence-corrected chi connectivity index (χ2v) is 12.9. The summed E-state index contributed by atoms with van der Waals surface area (Å²) in [4.78, 5) is 58.5. The van der Waals surface area contributed by atoms with E-state index in [1.807, 2.05) is 24.3 Å². The summed E-state index contributed by atoms with van der Waals surface area (Å²) in [5, 5.41) is 7.69. The molecular weight excluding hydrogens is 584 g/mol. The first-order valence-corrected chi connectivity index (χ1v) is 15.6. The molecule has 2 aromatic rings. The first kappa shape index (κ1) is 32.5. The van der Waals surface area contributed by atoms with Crippen LogP contribution in [0.4, 0.5) is 8.78 Å². The number of halogens is 2. The molecule has 3 amide bonds. The maximum absolute atomic E-state index is 14.3. The lowest BCUT2D eigenvalue weighted by Crippen LogP contribution is -2.61. The van der Waals surface area contributed by atoms with Crippen LogP contribution in [0.5, 0.6) is 0 Å². The van der Waals surface area contributed by atoms with Crippen LogP contribution in [0.1, 0.15) is 83.6 Å². The summed E-state index contributed by atoms with van der Waals surface area (Å²) >= 11 is 0. The highest BCUT2D eigenvalue weighted by Crippen LogP contribution is 2.45. The topological polar surface area (TPSA) is 130 Å². The van der Waals surface area contributed by atoms with Crippen molar-refractivity contribution in [3.05, 3.63) is 47.7 Å². The van der Waals surface area contributed by atoms with E-state index in [9.17, 15) is 28.0 Å². The van der Waals surface area contributed by atoms with Crippen molar-refractivity contribution in [2.75, 3.05) is 6.54 Å². The highest BCUT2D eigenvalue weighted by molar-refractivity contribution is 5.94. The third kappa shape index (κ3) is 7.16. The van der Waals surface area contributed by atoms with Gasteiger partial charge in [0.15, 0.2) is 0 Å². The fourth-order valence-electron chi connectivity index (χ4n) is 6.12. The summed E-state index contributed by atoms with van der Waals surface area (Å²) in [6, 6.07) is 6.45. The maximum atomic E-state index is 14.3. The van der Waals surface area contributed by atoms with Gasteiger partial charge in [0.2, 0.25) is 17.7 Å². The number of nitrogens with zero attached hydrogens (tertiary/aromatic N) is 2. The number of pyridine rings is 1. The van der Waals surface area contributed by atoms with E-state index in [1.165, 1.54) is 11.9 Å². The van der Waals surface area contributed by atoms with Crippen molar-refractivity contribution in [3.63, 3.8) is 0 Å². The number of amides is 3. The second kappa shape index (κ2) is 12.8.